The Kier molecular flexibility index (Phi) is 4.16. The normalized spacial score (nSPS) is 23.4. The molecule has 0 bridgehead atoms. The number of halogens is 1. The summed E-state index contributed by atoms with van der Waals surface area (Å²) in [5, 5.41) is 0.691. The quantitative estimate of drug-likeness (QED) is 0.778. The summed E-state index contributed by atoms with van der Waals surface area (Å²) in [7, 11) is 0. The van der Waals surface area contributed by atoms with Gasteiger partial charge in [-0.3, -0.25) is 0 Å². The maximum absolute atomic E-state index is 12.1. The highest BCUT2D eigenvalue weighted by Gasteiger charge is 2.37. The van der Waals surface area contributed by atoms with Gasteiger partial charge in [0.25, 0.3) is 0 Å². The van der Waals surface area contributed by atoms with Gasteiger partial charge >= 0.3 is 5.97 Å². The smallest absolute Gasteiger partial charge is 0.336 e. The fourth-order valence-electron chi connectivity index (χ4n) is 2.23. The molecule has 0 spiro atoms. The van der Waals surface area contributed by atoms with Crippen molar-refractivity contribution in [2.75, 3.05) is 6.61 Å². The van der Waals surface area contributed by atoms with Gasteiger partial charge in [0.15, 0.2) is 6.10 Å². The van der Waals surface area contributed by atoms with E-state index in [4.69, 9.17) is 21.1 Å². The first-order valence-electron chi connectivity index (χ1n) is 6.47. The fourth-order valence-corrected chi connectivity index (χ4v) is 2.36. The number of ether oxygens (including phenoxy) is 2. The molecule has 1 aromatic carbocycles. The molecule has 0 aliphatic carbocycles. The highest BCUT2D eigenvalue weighted by atomic mass is 35.5. The van der Waals surface area contributed by atoms with Crippen molar-refractivity contribution >= 4 is 17.6 Å². The zero-order valence-corrected chi connectivity index (χ0v) is 12.2. The Morgan fingerprint density at radius 2 is 1.95 bits per heavy atom. The average Bonchev–Trinajstić information content (AvgIpc) is 2.76. The lowest BCUT2D eigenvalue weighted by Crippen LogP contribution is -2.34. The van der Waals surface area contributed by atoms with Crippen LogP contribution in [-0.2, 0) is 14.3 Å². The summed E-state index contributed by atoms with van der Waals surface area (Å²) in [5.41, 5.74) is 0.575. The minimum Gasteiger partial charge on any atom is -0.458 e. The van der Waals surface area contributed by atoms with Crippen LogP contribution >= 0.6 is 11.6 Å². The first kappa shape index (κ1) is 14.4. The molecule has 0 N–H and O–H groups in total. The summed E-state index contributed by atoms with van der Waals surface area (Å²) in [4.78, 5) is 12.1. The minimum atomic E-state index is -0.514. The molecule has 0 aromatic heterocycles. The van der Waals surface area contributed by atoms with E-state index < -0.39 is 11.7 Å². The van der Waals surface area contributed by atoms with Gasteiger partial charge in [0.05, 0.1) is 0 Å². The van der Waals surface area contributed by atoms with Crippen LogP contribution in [0.15, 0.2) is 24.3 Å². The van der Waals surface area contributed by atoms with Crippen LogP contribution in [0.25, 0.3) is 0 Å². The first-order chi connectivity index (χ1) is 8.87. The summed E-state index contributed by atoms with van der Waals surface area (Å²) in [6.45, 7) is 6.16. The molecule has 2 atom stereocenters. The van der Waals surface area contributed by atoms with Gasteiger partial charge in [-0.05, 0) is 44.9 Å². The Bertz CT molecular complexity index is 447. The zero-order valence-electron chi connectivity index (χ0n) is 11.5. The molecular formula is C15H19ClO3. The standard InChI is InChI=1S/C15H19ClO3/c1-15(2,3)19-14(17)13-12(8-9-18-13)10-4-6-11(16)7-5-10/h4-7,12-13H,8-9H2,1-3H3/t12-,13-/m0/s1. The van der Waals surface area contributed by atoms with Gasteiger partial charge < -0.3 is 9.47 Å². The van der Waals surface area contributed by atoms with Crippen LogP contribution in [0.3, 0.4) is 0 Å². The Hall–Kier alpha value is -1.06. The van der Waals surface area contributed by atoms with Gasteiger partial charge in [-0.15, -0.1) is 0 Å². The average molecular weight is 283 g/mol. The Balaban J connectivity index is 2.12. The lowest BCUT2D eigenvalue weighted by atomic mass is 9.92. The molecule has 1 aromatic rings. The summed E-state index contributed by atoms with van der Waals surface area (Å²) in [5.74, 6) is -0.239. The first-order valence-corrected chi connectivity index (χ1v) is 6.84. The molecule has 4 heteroatoms. The largest absolute Gasteiger partial charge is 0.458 e. The Labute approximate surface area is 118 Å². The van der Waals surface area contributed by atoms with Crippen LogP contribution in [0.4, 0.5) is 0 Å². The van der Waals surface area contributed by atoms with Crippen LogP contribution in [0.5, 0.6) is 0 Å². The van der Waals surface area contributed by atoms with E-state index in [1.54, 1.807) is 0 Å². The zero-order chi connectivity index (χ0) is 14.0. The van der Waals surface area contributed by atoms with Crippen molar-refractivity contribution < 1.29 is 14.3 Å². The molecule has 0 amide bonds. The van der Waals surface area contributed by atoms with Crippen molar-refractivity contribution in [3.05, 3.63) is 34.9 Å². The summed E-state index contributed by atoms with van der Waals surface area (Å²) < 4.78 is 11.0. The molecule has 1 aliphatic rings. The highest BCUT2D eigenvalue weighted by molar-refractivity contribution is 6.30. The Morgan fingerprint density at radius 1 is 1.32 bits per heavy atom. The molecule has 3 nitrogen and oxygen atoms in total. The molecule has 104 valence electrons. The van der Waals surface area contributed by atoms with Crippen LogP contribution in [0.2, 0.25) is 5.02 Å². The predicted octanol–water partition coefficient (Wildman–Crippen LogP) is 3.55. The van der Waals surface area contributed by atoms with Crippen molar-refractivity contribution in [1.82, 2.24) is 0 Å². The monoisotopic (exact) mass is 282 g/mol. The highest BCUT2D eigenvalue weighted by Crippen LogP contribution is 2.33. The van der Waals surface area contributed by atoms with Gasteiger partial charge in [0.1, 0.15) is 5.60 Å². The van der Waals surface area contributed by atoms with Crippen LogP contribution in [0.1, 0.15) is 38.7 Å². The van der Waals surface area contributed by atoms with E-state index in [-0.39, 0.29) is 11.9 Å². The molecule has 2 rings (SSSR count). The number of benzene rings is 1. The minimum absolute atomic E-state index is 0.0483. The number of hydrogen-bond donors (Lipinski definition) is 0. The molecule has 1 heterocycles. The molecule has 19 heavy (non-hydrogen) atoms. The number of carbonyl (C=O) groups is 1. The second-order valence-electron chi connectivity index (χ2n) is 5.77. The SMILES string of the molecule is CC(C)(C)OC(=O)[C@H]1OCC[C@H]1c1ccc(Cl)cc1. The third kappa shape index (κ3) is 3.71. The second kappa shape index (κ2) is 5.51. The van der Waals surface area contributed by atoms with Gasteiger partial charge in [0.2, 0.25) is 0 Å². The lowest BCUT2D eigenvalue weighted by Gasteiger charge is -2.24. The summed E-state index contributed by atoms with van der Waals surface area (Å²) in [6, 6.07) is 7.56. The third-order valence-corrected chi connectivity index (χ3v) is 3.28. The maximum atomic E-state index is 12.1. The second-order valence-corrected chi connectivity index (χ2v) is 6.21. The van der Waals surface area contributed by atoms with E-state index in [9.17, 15) is 4.79 Å². The van der Waals surface area contributed by atoms with E-state index in [0.29, 0.717) is 11.6 Å². The summed E-state index contributed by atoms with van der Waals surface area (Å²) >= 11 is 5.88. The lowest BCUT2D eigenvalue weighted by molar-refractivity contribution is -0.166. The molecule has 0 saturated carbocycles. The molecular weight excluding hydrogens is 264 g/mol. The number of esters is 1. The van der Waals surface area contributed by atoms with Crippen LogP contribution < -0.4 is 0 Å². The van der Waals surface area contributed by atoms with E-state index in [0.717, 1.165) is 12.0 Å². The van der Waals surface area contributed by atoms with E-state index in [1.165, 1.54) is 0 Å². The van der Waals surface area contributed by atoms with Crippen molar-refractivity contribution in [3.63, 3.8) is 0 Å². The molecule has 1 fully saturated rings. The van der Waals surface area contributed by atoms with Crippen molar-refractivity contribution in [2.45, 2.75) is 44.8 Å². The van der Waals surface area contributed by atoms with Gasteiger partial charge in [-0.2, -0.15) is 0 Å². The molecule has 0 radical (unpaired) electrons. The van der Waals surface area contributed by atoms with Crippen molar-refractivity contribution in [3.8, 4) is 0 Å². The topological polar surface area (TPSA) is 35.5 Å². The maximum Gasteiger partial charge on any atom is 0.336 e. The van der Waals surface area contributed by atoms with E-state index in [2.05, 4.69) is 0 Å². The van der Waals surface area contributed by atoms with Gasteiger partial charge in [-0.1, -0.05) is 23.7 Å². The number of rotatable bonds is 2. The van der Waals surface area contributed by atoms with Crippen molar-refractivity contribution in [1.29, 1.82) is 0 Å². The number of carbonyl (C=O) groups excluding carboxylic acids is 1. The Morgan fingerprint density at radius 3 is 2.53 bits per heavy atom. The third-order valence-electron chi connectivity index (χ3n) is 3.03. The molecule has 1 aliphatic heterocycles. The summed E-state index contributed by atoms with van der Waals surface area (Å²) in [6.07, 6.45) is 0.311. The van der Waals surface area contributed by atoms with Crippen LogP contribution in [-0.4, -0.2) is 24.3 Å². The van der Waals surface area contributed by atoms with Crippen molar-refractivity contribution in [2.24, 2.45) is 0 Å². The fraction of sp³-hybridized carbons (Fsp3) is 0.533. The number of hydrogen-bond acceptors (Lipinski definition) is 3. The van der Waals surface area contributed by atoms with Crippen LogP contribution in [0, 0.1) is 0 Å². The molecule has 0 unspecified atom stereocenters. The van der Waals surface area contributed by atoms with E-state index >= 15 is 0 Å². The molecule has 1 saturated heterocycles. The van der Waals surface area contributed by atoms with E-state index in [1.807, 2.05) is 45.0 Å². The van der Waals surface area contributed by atoms with Gasteiger partial charge in [0, 0.05) is 17.5 Å². The van der Waals surface area contributed by atoms with Gasteiger partial charge in [-0.25, -0.2) is 4.79 Å². The predicted molar refractivity (Wildman–Crippen MR) is 74.4 cm³/mol.